The number of rotatable bonds is 7. The molecule has 4 nitrogen and oxygen atoms in total. The molecule has 2 aromatic rings. The molecule has 1 saturated carbocycles. The maximum atomic E-state index is 12.0. The largest absolute Gasteiger partial charge is 0.352 e. The molecule has 1 aromatic carbocycles. The number of carbonyl (C=O) groups excluding carboxylic acids is 1. The number of aromatic nitrogens is 1. The molecule has 1 N–H and O–H groups in total. The van der Waals surface area contributed by atoms with Crippen LogP contribution in [0, 0.1) is 5.92 Å². The zero-order chi connectivity index (χ0) is 17.5. The highest BCUT2D eigenvalue weighted by Crippen LogP contribution is 2.28. The highest BCUT2D eigenvalue weighted by Gasteiger charge is 2.15. The highest BCUT2D eigenvalue weighted by molar-refractivity contribution is 5.75. The minimum atomic E-state index is 0.00102. The minimum absolute atomic E-state index is 0.00102. The lowest BCUT2D eigenvalue weighted by Crippen LogP contribution is -2.23. The lowest BCUT2D eigenvalue weighted by molar-refractivity contribution is -0.121. The molecule has 3 rings (SSSR count). The number of nitrogens with zero attached hydrogens (tertiary/aromatic N) is 1. The van der Waals surface area contributed by atoms with Crippen molar-refractivity contribution in [2.45, 2.75) is 51.6 Å². The molecule has 0 unspecified atom stereocenters. The van der Waals surface area contributed by atoms with E-state index >= 15 is 0 Å². The number of hydrogen-bond donors (Lipinski definition) is 1. The molecule has 1 amide bonds. The van der Waals surface area contributed by atoms with E-state index < -0.39 is 0 Å². The van der Waals surface area contributed by atoms with Gasteiger partial charge >= 0.3 is 0 Å². The van der Waals surface area contributed by atoms with Crippen LogP contribution < -0.4 is 10.9 Å². The van der Waals surface area contributed by atoms with Gasteiger partial charge in [-0.25, -0.2) is 0 Å². The molecular weight excluding hydrogens is 312 g/mol. The van der Waals surface area contributed by atoms with Crippen LogP contribution in [-0.4, -0.2) is 10.5 Å². The molecule has 1 fully saturated rings. The highest BCUT2D eigenvalue weighted by atomic mass is 16.1. The van der Waals surface area contributed by atoms with Crippen LogP contribution in [0.25, 0.3) is 0 Å². The Balaban J connectivity index is 1.45. The van der Waals surface area contributed by atoms with E-state index in [1.54, 1.807) is 22.9 Å². The molecule has 1 aliphatic carbocycles. The summed E-state index contributed by atoms with van der Waals surface area (Å²) in [5.41, 5.74) is 2.16. The summed E-state index contributed by atoms with van der Waals surface area (Å²) in [6.45, 7) is 1.13. The molecule has 132 valence electrons. The molecule has 4 heteroatoms. The van der Waals surface area contributed by atoms with Crippen molar-refractivity contribution in [2.75, 3.05) is 0 Å². The van der Waals surface area contributed by atoms with E-state index in [-0.39, 0.29) is 11.5 Å². The first kappa shape index (κ1) is 17.5. The van der Waals surface area contributed by atoms with Gasteiger partial charge in [0, 0.05) is 25.2 Å². The van der Waals surface area contributed by atoms with Crippen LogP contribution in [0.3, 0.4) is 0 Å². The van der Waals surface area contributed by atoms with Gasteiger partial charge in [-0.2, -0.15) is 0 Å². The molecule has 0 saturated heterocycles. The Hall–Kier alpha value is -2.36. The zero-order valence-corrected chi connectivity index (χ0v) is 14.6. The molecular formula is C21H26N2O2. The number of nitrogens with one attached hydrogen (secondary N) is 1. The summed E-state index contributed by atoms with van der Waals surface area (Å²) in [6, 6.07) is 13.2. The maximum absolute atomic E-state index is 12.0. The van der Waals surface area contributed by atoms with Gasteiger partial charge in [0.05, 0.1) is 6.54 Å². The summed E-state index contributed by atoms with van der Waals surface area (Å²) in [7, 11) is 0. The summed E-state index contributed by atoms with van der Waals surface area (Å²) in [6.07, 6.45) is 8.69. The molecule has 1 heterocycles. The molecule has 0 atom stereocenters. The summed E-state index contributed by atoms with van der Waals surface area (Å²) in [4.78, 5) is 23.7. The molecule has 1 aromatic heterocycles. The summed E-state index contributed by atoms with van der Waals surface area (Å²) in [5.74, 6) is 0.901. The van der Waals surface area contributed by atoms with Crippen LogP contribution in [0.4, 0.5) is 0 Å². The van der Waals surface area contributed by atoms with Crippen molar-refractivity contribution >= 4 is 5.91 Å². The van der Waals surface area contributed by atoms with E-state index in [0.717, 1.165) is 23.5 Å². The van der Waals surface area contributed by atoms with Gasteiger partial charge in [-0.3, -0.25) is 9.59 Å². The minimum Gasteiger partial charge on any atom is -0.352 e. The summed E-state index contributed by atoms with van der Waals surface area (Å²) >= 11 is 0. The average Bonchev–Trinajstić information content (AvgIpc) is 3.15. The lowest BCUT2D eigenvalue weighted by atomic mass is 10.0. The van der Waals surface area contributed by atoms with E-state index in [2.05, 4.69) is 5.32 Å². The summed E-state index contributed by atoms with van der Waals surface area (Å²) < 4.78 is 1.68. The number of hydrogen-bond acceptors (Lipinski definition) is 2. The monoisotopic (exact) mass is 338 g/mol. The standard InChI is InChI=1S/C21H26N2O2/c24-20(13-12-17-5-1-2-6-17)22-15-18-8-10-19(11-9-18)16-23-14-4-3-7-21(23)25/h3-4,7-11,14,17H,1-2,5-6,12-13,15-16H2,(H,22,24). The zero-order valence-electron chi connectivity index (χ0n) is 14.6. The number of benzene rings is 1. The van der Waals surface area contributed by atoms with Crippen molar-refractivity contribution in [3.05, 3.63) is 70.1 Å². The van der Waals surface area contributed by atoms with Crippen molar-refractivity contribution in [1.29, 1.82) is 0 Å². The Morgan fingerprint density at radius 2 is 1.76 bits per heavy atom. The van der Waals surface area contributed by atoms with Crippen LogP contribution in [0.1, 0.15) is 49.7 Å². The third-order valence-electron chi connectivity index (χ3n) is 5.02. The quantitative estimate of drug-likeness (QED) is 0.840. The van der Waals surface area contributed by atoms with Gasteiger partial charge in [0.25, 0.3) is 5.56 Å². The van der Waals surface area contributed by atoms with Crippen molar-refractivity contribution in [1.82, 2.24) is 9.88 Å². The van der Waals surface area contributed by atoms with Gasteiger partial charge in [-0.1, -0.05) is 56.0 Å². The second-order valence-corrected chi connectivity index (χ2v) is 6.95. The fourth-order valence-electron chi connectivity index (χ4n) is 3.47. The lowest BCUT2D eigenvalue weighted by Gasteiger charge is -2.10. The van der Waals surface area contributed by atoms with Gasteiger partial charge in [-0.05, 0) is 29.5 Å². The van der Waals surface area contributed by atoms with E-state index in [1.807, 2.05) is 30.3 Å². The molecule has 0 radical (unpaired) electrons. The van der Waals surface area contributed by atoms with Gasteiger partial charge < -0.3 is 9.88 Å². The topological polar surface area (TPSA) is 51.1 Å². The van der Waals surface area contributed by atoms with E-state index in [9.17, 15) is 9.59 Å². The van der Waals surface area contributed by atoms with E-state index in [4.69, 9.17) is 0 Å². The van der Waals surface area contributed by atoms with Crippen LogP contribution in [0.15, 0.2) is 53.5 Å². The SMILES string of the molecule is O=C(CCC1CCCC1)NCc1ccc(Cn2ccccc2=O)cc1. The first-order chi connectivity index (χ1) is 12.2. The van der Waals surface area contributed by atoms with Gasteiger partial charge in [0.2, 0.25) is 5.91 Å². The average molecular weight is 338 g/mol. The first-order valence-corrected chi connectivity index (χ1v) is 9.21. The second-order valence-electron chi connectivity index (χ2n) is 6.95. The molecule has 25 heavy (non-hydrogen) atoms. The smallest absolute Gasteiger partial charge is 0.250 e. The maximum Gasteiger partial charge on any atom is 0.250 e. The van der Waals surface area contributed by atoms with Crippen LogP contribution in [0.5, 0.6) is 0 Å². The number of amides is 1. The molecule has 0 bridgehead atoms. The normalized spacial score (nSPS) is 14.6. The van der Waals surface area contributed by atoms with E-state index in [0.29, 0.717) is 19.5 Å². The summed E-state index contributed by atoms with van der Waals surface area (Å²) in [5, 5.41) is 3.01. The van der Waals surface area contributed by atoms with E-state index in [1.165, 1.54) is 25.7 Å². The Bertz CT molecular complexity index is 743. The third-order valence-corrected chi connectivity index (χ3v) is 5.02. The Morgan fingerprint density at radius 3 is 2.48 bits per heavy atom. The number of pyridine rings is 1. The predicted octanol–water partition coefficient (Wildman–Crippen LogP) is 3.48. The number of carbonyl (C=O) groups is 1. The van der Waals surface area contributed by atoms with Crippen LogP contribution >= 0.6 is 0 Å². The fourth-order valence-corrected chi connectivity index (χ4v) is 3.47. The molecule has 1 aliphatic rings. The van der Waals surface area contributed by atoms with Crippen molar-refractivity contribution in [2.24, 2.45) is 5.92 Å². The van der Waals surface area contributed by atoms with Gasteiger partial charge in [-0.15, -0.1) is 0 Å². The molecule has 0 aliphatic heterocycles. The third kappa shape index (κ3) is 5.31. The fraction of sp³-hybridized carbons (Fsp3) is 0.429. The van der Waals surface area contributed by atoms with Crippen LogP contribution in [-0.2, 0) is 17.9 Å². The van der Waals surface area contributed by atoms with Gasteiger partial charge in [0.1, 0.15) is 0 Å². The Kier molecular flexibility index (Phi) is 6.04. The second kappa shape index (κ2) is 8.65. The predicted molar refractivity (Wildman–Crippen MR) is 99.3 cm³/mol. The Labute approximate surface area is 148 Å². The molecule has 0 spiro atoms. The first-order valence-electron chi connectivity index (χ1n) is 9.21. The van der Waals surface area contributed by atoms with Crippen molar-refractivity contribution in [3.8, 4) is 0 Å². The van der Waals surface area contributed by atoms with Gasteiger partial charge in [0.15, 0.2) is 0 Å². The Morgan fingerprint density at radius 1 is 1.04 bits per heavy atom. The van der Waals surface area contributed by atoms with Crippen molar-refractivity contribution in [3.63, 3.8) is 0 Å². The van der Waals surface area contributed by atoms with Crippen LogP contribution in [0.2, 0.25) is 0 Å². The van der Waals surface area contributed by atoms with Crippen molar-refractivity contribution < 1.29 is 4.79 Å².